The first-order chi connectivity index (χ1) is 7.87. The molecule has 1 N–H and O–H groups in total. The third kappa shape index (κ3) is 2.31. The summed E-state index contributed by atoms with van der Waals surface area (Å²) >= 11 is 0. The highest BCUT2D eigenvalue weighted by Crippen LogP contribution is 2.41. The second kappa shape index (κ2) is 4.41. The molecule has 0 aromatic heterocycles. The normalized spacial score (nSPS) is 27.7. The number of aliphatic hydroxyl groups excluding tert-OH is 1. The Morgan fingerprint density at radius 1 is 1.06 bits per heavy atom. The van der Waals surface area contributed by atoms with Gasteiger partial charge in [0.1, 0.15) is 0 Å². The molecule has 1 heterocycles. The lowest BCUT2D eigenvalue weighted by molar-refractivity contribution is 0.00578. The van der Waals surface area contributed by atoms with Crippen LogP contribution in [-0.2, 0) is 9.31 Å². The van der Waals surface area contributed by atoms with Crippen molar-refractivity contribution in [1.82, 2.24) is 0 Å². The van der Waals surface area contributed by atoms with E-state index in [2.05, 4.69) is 27.7 Å². The van der Waals surface area contributed by atoms with E-state index in [0.717, 1.165) is 18.4 Å². The SMILES string of the molecule is CC1(C)OB(C2=C(CO)CCCC2)OC1(C)C. The van der Waals surface area contributed by atoms with Gasteiger partial charge in [-0.05, 0) is 64.4 Å². The predicted octanol–water partition coefficient (Wildman–Crippen LogP) is 2.48. The van der Waals surface area contributed by atoms with Crippen LogP contribution in [0.15, 0.2) is 11.0 Å². The van der Waals surface area contributed by atoms with Gasteiger partial charge in [-0.3, -0.25) is 0 Å². The molecule has 1 saturated heterocycles. The third-order valence-electron chi connectivity index (χ3n) is 4.36. The van der Waals surface area contributed by atoms with Gasteiger partial charge in [0.15, 0.2) is 0 Å². The summed E-state index contributed by atoms with van der Waals surface area (Å²) in [6, 6.07) is 0. The topological polar surface area (TPSA) is 38.7 Å². The largest absolute Gasteiger partial charge is 0.490 e. The molecule has 0 aromatic carbocycles. The van der Waals surface area contributed by atoms with Gasteiger partial charge in [-0.15, -0.1) is 0 Å². The molecule has 0 unspecified atom stereocenters. The van der Waals surface area contributed by atoms with Gasteiger partial charge in [-0.2, -0.15) is 0 Å². The van der Waals surface area contributed by atoms with Gasteiger partial charge in [0.2, 0.25) is 0 Å². The summed E-state index contributed by atoms with van der Waals surface area (Å²) in [5.41, 5.74) is 1.72. The van der Waals surface area contributed by atoms with E-state index in [9.17, 15) is 5.11 Å². The molecule has 1 fully saturated rings. The number of hydrogen-bond donors (Lipinski definition) is 1. The van der Waals surface area contributed by atoms with Crippen molar-refractivity contribution in [3.8, 4) is 0 Å². The van der Waals surface area contributed by atoms with Crippen LogP contribution < -0.4 is 0 Å². The van der Waals surface area contributed by atoms with E-state index < -0.39 is 0 Å². The molecule has 0 aromatic rings. The van der Waals surface area contributed by atoms with E-state index in [0.29, 0.717) is 0 Å². The number of allylic oxidation sites excluding steroid dienone is 1. The van der Waals surface area contributed by atoms with E-state index in [-0.39, 0.29) is 24.9 Å². The molecule has 1 aliphatic heterocycles. The van der Waals surface area contributed by atoms with E-state index in [4.69, 9.17) is 9.31 Å². The summed E-state index contributed by atoms with van der Waals surface area (Å²) < 4.78 is 12.1. The van der Waals surface area contributed by atoms with Gasteiger partial charge in [0.25, 0.3) is 0 Å². The fourth-order valence-electron chi connectivity index (χ4n) is 2.44. The minimum Gasteiger partial charge on any atom is -0.400 e. The Balaban J connectivity index is 2.22. The number of aliphatic hydroxyl groups is 1. The lowest BCUT2D eigenvalue weighted by Crippen LogP contribution is -2.41. The predicted molar refractivity (Wildman–Crippen MR) is 68.7 cm³/mol. The van der Waals surface area contributed by atoms with Gasteiger partial charge < -0.3 is 14.4 Å². The van der Waals surface area contributed by atoms with Crippen LogP contribution in [0.1, 0.15) is 53.4 Å². The van der Waals surface area contributed by atoms with Crippen LogP contribution in [0.2, 0.25) is 0 Å². The summed E-state index contributed by atoms with van der Waals surface area (Å²) in [6.45, 7) is 8.40. The van der Waals surface area contributed by atoms with E-state index >= 15 is 0 Å². The number of rotatable bonds is 2. The van der Waals surface area contributed by atoms with Gasteiger partial charge in [-0.25, -0.2) is 0 Å². The Morgan fingerprint density at radius 3 is 2.12 bits per heavy atom. The van der Waals surface area contributed by atoms with Gasteiger partial charge in [0, 0.05) is 0 Å². The van der Waals surface area contributed by atoms with Crippen molar-refractivity contribution in [3.63, 3.8) is 0 Å². The van der Waals surface area contributed by atoms with Gasteiger partial charge in [0.05, 0.1) is 17.8 Å². The summed E-state index contributed by atoms with van der Waals surface area (Å²) in [5.74, 6) is 0. The summed E-state index contributed by atoms with van der Waals surface area (Å²) in [4.78, 5) is 0. The first kappa shape index (κ1) is 13.1. The standard InChI is InChI=1S/C13H23BO3/c1-12(2)13(3,4)17-14(16-12)11-8-6-5-7-10(11)9-15/h15H,5-9H2,1-4H3. The molecule has 0 amide bonds. The zero-order valence-electron chi connectivity index (χ0n) is 11.4. The molecule has 0 radical (unpaired) electrons. The molecular weight excluding hydrogens is 215 g/mol. The average Bonchev–Trinajstić information content (AvgIpc) is 2.48. The van der Waals surface area contributed by atoms with Crippen molar-refractivity contribution >= 4 is 7.12 Å². The highest BCUT2D eigenvalue weighted by Gasteiger charge is 2.52. The van der Waals surface area contributed by atoms with Crippen molar-refractivity contribution in [2.45, 2.75) is 64.6 Å². The molecule has 1 aliphatic carbocycles. The van der Waals surface area contributed by atoms with Crippen molar-refractivity contribution in [1.29, 1.82) is 0 Å². The van der Waals surface area contributed by atoms with E-state index in [1.54, 1.807) is 0 Å². The maximum Gasteiger partial charge on any atom is 0.490 e. The Hall–Kier alpha value is -0.315. The molecule has 2 aliphatic rings. The quantitative estimate of drug-likeness (QED) is 0.751. The lowest BCUT2D eigenvalue weighted by Gasteiger charge is -2.32. The molecule has 0 saturated carbocycles. The zero-order chi connectivity index (χ0) is 12.7. The first-order valence-corrected chi connectivity index (χ1v) is 6.55. The monoisotopic (exact) mass is 238 g/mol. The maximum atomic E-state index is 9.41. The van der Waals surface area contributed by atoms with Crippen LogP contribution in [-0.4, -0.2) is 30.0 Å². The van der Waals surface area contributed by atoms with Crippen LogP contribution in [0.3, 0.4) is 0 Å². The van der Waals surface area contributed by atoms with Crippen LogP contribution in [0.25, 0.3) is 0 Å². The Morgan fingerprint density at radius 2 is 1.59 bits per heavy atom. The molecule has 0 bridgehead atoms. The van der Waals surface area contributed by atoms with Crippen LogP contribution in [0.4, 0.5) is 0 Å². The zero-order valence-corrected chi connectivity index (χ0v) is 11.4. The highest BCUT2D eigenvalue weighted by molar-refractivity contribution is 6.54. The number of hydrogen-bond acceptors (Lipinski definition) is 3. The minimum absolute atomic E-state index is 0.138. The Kier molecular flexibility index (Phi) is 3.41. The van der Waals surface area contributed by atoms with Crippen molar-refractivity contribution in [2.24, 2.45) is 0 Å². The summed E-state index contributed by atoms with van der Waals surface area (Å²) in [6.07, 6.45) is 4.31. The van der Waals surface area contributed by atoms with Crippen molar-refractivity contribution in [3.05, 3.63) is 11.0 Å². The van der Waals surface area contributed by atoms with Crippen LogP contribution in [0.5, 0.6) is 0 Å². The molecule has 17 heavy (non-hydrogen) atoms. The molecule has 4 heteroatoms. The highest BCUT2D eigenvalue weighted by atomic mass is 16.7. The lowest BCUT2D eigenvalue weighted by atomic mass is 9.69. The second-order valence-electron chi connectivity index (χ2n) is 6.08. The fourth-order valence-corrected chi connectivity index (χ4v) is 2.44. The van der Waals surface area contributed by atoms with Crippen molar-refractivity contribution < 1.29 is 14.4 Å². The molecule has 0 atom stereocenters. The smallest absolute Gasteiger partial charge is 0.400 e. The summed E-state index contributed by atoms with van der Waals surface area (Å²) in [5, 5.41) is 9.41. The third-order valence-corrected chi connectivity index (χ3v) is 4.36. The maximum absolute atomic E-state index is 9.41. The van der Waals surface area contributed by atoms with Crippen LogP contribution >= 0.6 is 0 Å². The first-order valence-electron chi connectivity index (χ1n) is 6.55. The Labute approximate surface area is 104 Å². The molecule has 0 spiro atoms. The van der Waals surface area contributed by atoms with Gasteiger partial charge in [-0.1, -0.05) is 0 Å². The second-order valence-corrected chi connectivity index (χ2v) is 6.08. The van der Waals surface area contributed by atoms with E-state index in [1.807, 2.05) is 0 Å². The average molecular weight is 238 g/mol. The molecule has 2 rings (SSSR count). The van der Waals surface area contributed by atoms with Crippen LogP contribution in [0, 0.1) is 0 Å². The minimum atomic E-state index is -0.289. The molecule has 3 nitrogen and oxygen atoms in total. The van der Waals surface area contributed by atoms with E-state index in [1.165, 1.54) is 18.3 Å². The summed E-state index contributed by atoms with van der Waals surface area (Å²) in [7, 11) is -0.262. The molecule has 96 valence electrons. The molecular formula is C13H23BO3. The van der Waals surface area contributed by atoms with Gasteiger partial charge >= 0.3 is 7.12 Å². The fraction of sp³-hybridized carbons (Fsp3) is 0.846. The Bertz CT molecular complexity index is 318. The van der Waals surface area contributed by atoms with Crippen molar-refractivity contribution in [2.75, 3.05) is 6.61 Å².